The van der Waals surface area contributed by atoms with Gasteiger partial charge in [0.05, 0.1) is 48.6 Å². The third kappa shape index (κ3) is 11.0. The molecule has 9 N–H and O–H groups in total. The quantitative estimate of drug-likeness (QED) is 0.136. The number of hydrogen-bond donors (Lipinski definition) is 7. The molecule has 71 heavy (non-hydrogen) atoms. The van der Waals surface area contributed by atoms with Crippen LogP contribution in [0.15, 0.2) is 23.8 Å². The van der Waals surface area contributed by atoms with Crippen LogP contribution in [0.2, 0.25) is 0 Å². The molecular weight excluding hydrogens is 929 g/mol. The Bertz CT molecular complexity index is 1910. The predicted molar refractivity (Wildman–Crippen MR) is 259 cm³/mol. The highest BCUT2D eigenvalue weighted by Crippen LogP contribution is 2.72. The average molecular weight is 1020 g/mol. The van der Waals surface area contributed by atoms with Crippen molar-refractivity contribution in [1.82, 2.24) is 15.5 Å². The number of aliphatic hydroxyl groups is 5. The Morgan fingerprint density at radius 2 is 1.62 bits per heavy atom. The zero-order valence-electron chi connectivity index (χ0n) is 43.9. The highest BCUT2D eigenvalue weighted by atomic mass is 19.1. The minimum Gasteiger partial charge on any atom is -0.459 e. The second kappa shape index (κ2) is 23.2. The Kier molecular flexibility index (Phi) is 19.4. The molecule has 7 rings (SSSR count). The van der Waals surface area contributed by atoms with Gasteiger partial charge in [-0.1, -0.05) is 26.8 Å². The summed E-state index contributed by atoms with van der Waals surface area (Å²) in [4.78, 5) is 42.6. The van der Waals surface area contributed by atoms with Gasteiger partial charge in [0.1, 0.15) is 18.4 Å². The Hall–Kier alpha value is -2.53. The molecule has 0 bridgehead atoms. The highest BCUT2D eigenvalue weighted by Gasteiger charge is 2.81. The summed E-state index contributed by atoms with van der Waals surface area (Å²) >= 11 is 0. The lowest BCUT2D eigenvalue weighted by atomic mass is 9.44. The maximum Gasteiger partial charge on any atom is 0.311 e. The van der Waals surface area contributed by atoms with Crippen LogP contribution < -0.4 is 10.6 Å². The lowest BCUT2D eigenvalue weighted by Gasteiger charge is -2.63. The molecule has 6 fully saturated rings. The van der Waals surface area contributed by atoms with Gasteiger partial charge >= 0.3 is 5.97 Å². The van der Waals surface area contributed by atoms with Gasteiger partial charge in [0.25, 0.3) is 5.91 Å². The zero-order valence-corrected chi connectivity index (χ0v) is 43.9. The van der Waals surface area contributed by atoms with Gasteiger partial charge in [-0.15, -0.1) is 0 Å². The summed E-state index contributed by atoms with van der Waals surface area (Å²) in [5, 5.41) is 64.1. The smallest absolute Gasteiger partial charge is 0.311 e. The molecule has 3 heterocycles. The molecule has 3 saturated heterocycles. The number of cyclic esters (lactones) is 1. The molecular formula is C52H87F2N3O14. The minimum absolute atomic E-state index is 0. The van der Waals surface area contributed by atoms with Crippen LogP contribution >= 0.6 is 0 Å². The van der Waals surface area contributed by atoms with Gasteiger partial charge in [-0.2, -0.15) is 0 Å². The molecule has 1 amide bonds. The van der Waals surface area contributed by atoms with E-state index in [0.717, 1.165) is 18.9 Å². The first-order valence-corrected chi connectivity index (χ1v) is 26.0. The van der Waals surface area contributed by atoms with Crippen LogP contribution in [-0.2, 0) is 38.1 Å². The number of esters is 1. The Labute approximate surface area is 419 Å². The number of allylic oxidation sites excluding steroid dienone is 4. The normalized spacial score (nSPS) is 46.0. The van der Waals surface area contributed by atoms with Crippen LogP contribution in [0.3, 0.4) is 0 Å². The van der Waals surface area contributed by atoms with Crippen molar-refractivity contribution in [2.45, 2.75) is 217 Å². The van der Waals surface area contributed by atoms with E-state index in [1.54, 1.807) is 41.5 Å². The van der Waals surface area contributed by atoms with E-state index in [1.165, 1.54) is 26.0 Å². The molecule has 19 heteroatoms. The fourth-order valence-electron chi connectivity index (χ4n) is 13.5. The number of carbonyl (C=O) groups excluding carboxylic acids is 3. The monoisotopic (exact) mass is 1020 g/mol. The Morgan fingerprint density at radius 1 is 0.944 bits per heavy atom. The van der Waals surface area contributed by atoms with Crippen molar-refractivity contribution >= 4 is 17.7 Å². The van der Waals surface area contributed by atoms with Crippen LogP contribution in [0.25, 0.3) is 0 Å². The standard InChI is InChI=1S/C50H78F2N2O13.C2H7N.H2O/c1-10-36-42(60)41(59)29(5)54(20-12-15-35(56)43(65-39-16-11-14-26(2)63-39)27(3)40(58)28(4)44(61)64-36)21-13-19-53-45(62)50-38(66-46(6,7)67-50)24-31-32-23-34(51)33-22-30(55)17-18-47(33,8)49(32,52)37(57)25-48(31,50)9;1-3-2;/h17-18,22,26-29,31-32,34-43,56-60H,10-16,19-21,23-25H2,1-9H3,(H,53,62);3H,1-2H3;1H2/t26-,27+,28-,29-,31?,32?,34+,35-,36-,37+,38-,39+,40?,41-,42-,43?,47+,48+,49+,50+;;/m1../s1. The van der Waals surface area contributed by atoms with E-state index in [-0.39, 0.29) is 55.8 Å². The number of hydrogen-bond acceptors (Lipinski definition) is 15. The van der Waals surface area contributed by atoms with Crippen molar-refractivity contribution in [2.24, 2.45) is 34.5 Å². The van der Waals surface area contributed by atoms with E-state index in [9.17, 15) is 39.9 Å². The van der Waals surface area contributed by atoms with Crippen LogP contribution in [0, 0.1) is 34.5 Å². The number of aliphatic hydroxyl groups excluding tert-OH is 5. The molecule has 408 valence electrons. The number of amides is 1. The van der Waals surface area contributed by atoms with E-state index in [2.05, 4.69) is 10.6 Å². The maximum atomic E-state index is 18.0. The fourth-order valence-corrected chi connectivity index (χ4v) is 13.5. The van der Waals surface area contributed by atoms with Crippen LogP contribution in [0.5, 0.6) is 0 Å². The van der Waals surface area contributed by atoms with Gasteiger partial charge in [0, 0.05) is 41.8 Å². The number of rotatable bonds is 8. The van der Waals surface area contributed by atoms with Crippen LogP contribution in [-0.4, -0.2) is 178 Å². The van der Waals surface area contributed by atoms with Gasteiger partial charge in [-0.3, -0.25) is 19.3 Å². The van der Waals surface area contributed by atoms with Gasteiger partial charge in [-0.05, 0) is 150 Å². The molecule has 3 saturated carbocycles. The maximum absolute atomic E-state index is 18.0. The van der Waals surface area contributed by atoms with Gasteiger partial charge in [0.15, 0.2) is 29.1 Å². The molecule has 20 atom stereocenters. The number of nitrogens with one attached hydrogen (secondary N) is 2. The minimum atomic E-state index is -2.34. The summed E-state index contributed by atoms with van der Waals surface area (Å²) in [6, 6.07) is -0.689. The zero-order chi connectivity index (χ0) is 51.9. The predicted octanol–water partition coefficient (Wildman–Crippen LogP) is 3.14. The van der Waals surface area contributed by atoms with Crippen molar-refractivity contribution in [1.29, 1.82) is 0 Å². The summed E-state index contributed by atoms with van der Waals surface area (Å²) in [5.41, 5.74) is -6.78. The van der Waals surface area contributed by atoms with Crippen molar-refractivity contribution < 1.29 is 77.9 Å². The first kappa shape index (κ1) is 59.3. The number of carbonyl (C=O) groups is 3. The lowest BCUT2D eigenvalue weighted by molar-refractivity contribution is -0.249. The second-order valence-electron chi connectivity index (χ2n) is 22.4. The molecule has 0 aromatic heterocycles. The van der Waals surface area contributed by atoms with E-state index in [1.807, 2.05) is 25.9 Å². The third-order valence-corrected chi connectivity index (χ3v) is 17.3. The summed E-state index contributed by atoms with van der Waals surface area (Å²) in [6.07, 6.45) is -4.92. The molecule has 7 aliphatic rings. The first-order chi connectivity index (χ1) is 32.8. The number of alkyl halides is 2. The SMILES string of the molecule is CC[C@H]1OC(=O)[C@H](C)C(O)[C@H](C)C(O[C@H]2CCC[C@@H](C)O2)[C@H](O)CCCN(CCCNC(=O)[C@@]23OC(C)(C)O[C@@H]2CC2C4C[C@H](F)C5=CC(=O)C=C[C@]5(C)[C@@]4(F)[C@@H](O)C[C@@]23C)[C@H](C)[C@@H](O)[C@@H]1O.CNC.O. The summed E-state index contributed by atoms with van der Waals surface area (Å²) in [6.45, 7) is 16.2. The second-order valence-corrected chi connectivity index (χ2v) is 22.4. The molecule has 4 aliphatic carbocycles. The molecule has 0 radical (unpaired) electrons. The summed E-state index contributed by atoms with van der Waals surface area (Å²) < 4.78 is 65.4. The molecule has 17 nitrogen and oxygen atoms in total. The van der Waals surface area contributed by atoms with Crippen LogP contribution in [0.4, 0.5) is 8.78 Å². The lowest BCUT2D eigenvalue weighted by Crippen LogP contribution is -2.71. The topological polar surface area (TPSA) is 257 Å². The van der Waals surface area contributed by atoms with E-state index in [4.69, 9.17) is 23.7 Å². The molecule has 4 unspecified atom stereocenters. The highest BCUT2D eigenvalue weighted by molar-refractivity contribution is 6.01. The van der Waals surface area contributed by atoms with Crippen molar-refractivity contribution in [2.75, 3.05) is 33.7 Å². The number of halogens is 2. The van der Waals surface area contributed by atoms with E-state index >= 15 is 8.78 Å². The van der Waals surface area contributed by atoms with Gasteiger partial charge < -0.3 is 65.3 Å². The first-order valence-electron chi connectivity index (χ1n) is 26.0. The molecule has 0 aromatic carbocycles. The number of ketones is 1. The molecule has 0 aromatic rings. The van der Waals surface area contributed by atoms with Crippen LogP contribution in [0.1, 0.15) is 127 Å². The number of ether oxygens (including phenoxy) is 5. The largest absolute Gasteiger partial charge is 0.459 e. The number of nitrogens with zero attached hydrogens (tertiary/aromatic N) is 1. The van der Waals surface area contributed by atoms with E-state index in [0.29, 0.717) is 32.4 Å². The summed E-state index contributed by atoms with van der Waals surface area (Å²) in [5.74, 6) is -6.34. The van der Waals surface area contributed by atoms with Gasteiger partial charge in [0.2, 0.25) is 0 Å². The van der Waals surface area contributed by atoms with Gasteiger partial charge in [-0.25, -0.2) is 8.78 Å². The number of fused-ring (bicyclic) bond motifs is 7. The fraction of sp³-hybridized carbons (Fsp3) is 0.865. The molecule has 3 aliphatic heterocycles. The van der Waals surface area contributed by atoms with E-state index < -0.39 is 137 Å². The average Bonchev–Trinajstić information content (AvgIpc) is 3.72. The Balaban J connectivity index is 0.00000228. The van der Waals surface area contributed by atoms with Crippen molar-refractivity contribution in [3.63, 3.8) is 0 Å². The summed E-state index contributed by atoms with van der Waals surface area (Å²) in [7, 11) is 3.75. The molecule has 0 spiro atoms. The van der Waals surface area contributed by atoms with Crippen molar-refractivity contribution in [3.05, 3.63) is 23.8 Å². The van der Waals surface area contributed by atoms with Crippen molar-refractivity contribution in [3.8, 4) is 0 Å². The third-order valence-electron chi connectivity index (χ3n) is 17.3. The Morgan fingerprint density at radius 3 is 2.27 bits per heavy atom.